The molecule has 1 unspecified atom stereocenters. The van der Waals surface area contributed by atoms with Crippen LogP contribution in [0.1, 0.15) is 75.8 Å². The summed E-state index contributed by atoms with van der Waals surface area (Å²) < 4.78 is 0. The molecule has 5 aliphatic carbocycles. The summed E-state index contributed by atoms with van der Waals surface area (Å²) in [6.45, 7) is 4.02. The lowest BCUT2D eigenvalue weighted by molar-refractivity contribution is -0.148. The fourth-order valence-corrected chi connectivity index (χ4v) is 7.86. The Morgan fingerprint density at radius 3 is 2.24 bits per heavy atom. The number of hydrogen-bond donors (Lipinski definition) is 2. The summed E-state index contributed by atoms with van der Waals surface area (Å²) in [5.74, 6) is 2.22. The Bertz CT molecular complexity index is 756. The van der Waals surface area contributed by atoms with E-state index in [0.717, 1.165) is 55.6 Å². The Morgan fingerprint density at radius 1 is 1.03 bits per heavy atom. The number of hydrogen-bond acceptors (Lipinski definition) is 4. The topological polar surface area (TPSA) is 71.1 Å². The quantitative estimate of drug-likeness (QED) is 0.752. The van der Waals surface area contributed by atoms with Crippen molar-refractivity contribution in [3.63, 3.8) is 0 Å². The number of rotatable bonds is 5. The van der Waals surface area contributed by atoms with Crippen molar-refractivity contribution in [2.45, 2.75) is 84.1 Å². The zero-order valence-electron chi connectivity index (χ0n) is 17.6. The lowest BCUT2D eigenvalue weighted by Gasteiger charge is -2.55. The summed E-state index contributed by atoms with van der Waals surface area (Å²) in [6, 6.07) is -0.503. The number of carbonyl (C=O) groups is 2. The van der Waals surface area contributed by atoms with Gasteiger partial charge in [0.15, 0.2) is 5.13 Å². The molecular formula is C23H33N3O2S. The van der Waals surface area contributed by atoms with Gasteiger partial charge in [-0.25, -0.2) is 4.98 Å². The first kappa shape index (κ1) is 19.5. The van der Waals surface area contributed by atoms with E-state index < -0.39 is 6.04 Å². The number of carbonyl (C=O) groups excluding carboxylic acids is 2. The molecule has 6 rings (SSSR count). The van der Waals surface area contributed by atoms with Gasteiger partial charge in [-0.3, -0.25) is 9.59 Å². The molecule has 1 atom stereocenters. The van der Waals surface area contributed by atoms with Gasteiger partial charge in [0.05, 0.1) is 5.69 Å². The third kappa shape index (κ3) is 3.62. The van der Waals surface area contributed by atoms with E-state index in [1.54, 1.807) is 11.3 Å². The maximum atomic E-state index is 13.4. The van der Waals surface area contributed by atoms with Gasteiger partial charge in [0, 0.05) is 10.3 Å². The molecule has 5 aliphatic rings. The molecule has 29 heavy (non-hydrogen) atoms. The second-order valence-electron chi connectivity index (χ2n) is 10.5. The zero-order valence-corrected chi connectivity index (χ0v) is 18.4. The smallest absolute Gasteiger partial charge is 0.248 e. The van der Waals surface area contributed by atoms with E-state index >= 15 is 0 Å². The summed E-state index contributed by atoms with van der Waals surface area (Å²) in [6.07, 6.45) is 11.5. The Kier molecular flexibility index (Phi) is 4.96. The second kappa shape index (κ2) is 7.36. The number of nitrogens with zero attached hydrogens (tertiary/aromatic N) is 1. The third-order valence-electron chi connectivity index (χ3n) is 7.83. The molecule has 1 heterocycles. The SMILES string of the molecule is CC(C)C(NC(=O)C12CC3CC(CC(C3)C1)C2)C(=O)Nc1nc2c(s1)CCCC2. The van der Waals surface area contributed by atoms with Gasteiger partial charge in [-0.1, -0.05) is 13.8 Å². The number of thiazole rings is 1. The average Bonchev–Trinajstić information content (AvgIpc) is 3.06. The molecule has 0 saturated heterocycles. The molecule has 4 fully saturated rings. The molecule has 158 valence electrons. The van der Waals surface area contributed by atoms with Crippen LogP contribution >= 0.6 is 11.3 Å². The largest absolute Gasteiger partial charge is 0.344 e. The molecule has 6 heteroatoms. The van der Waals surface area contributed by atoms with Crippen LogP contribution in [0.2, 0.25) is 0 Å². The lowest BCUT2D eigenvalue weighted by atomic mass is 9.49. The fraction of sp³-hybridized carbons (Fsp3) is 0.783. The minimum Gasteiger partial charge on any atom is -0.344 e. The highest BCUT2D eigenvalue weighted by molar-refractivity contribution is 7.15. The number of nitrogens with one attached hydrogen (secondary N) is 2. The normalized spacial score (nSPS) is 33.4. The van der Waals surface area contributed by atoms with Crippen LogP contribution in [0.25, 0.3) is 0 Å². The van der Waals surface area contributed by atoms with Crippen LogP contribution in [0.3, 0.4) is 0 Å². The maximum Gasteiger partial charge on any atom is 0.248 e. The van der Waals surface area contributed by atoms with Gasteiger partial charge >= 0.3 is 0 Å². The first-order valence-electron chi connectivity index (χ1n) is 11.5. The van der Waals surface area contributed by atoms with Crippen LogP contribution in [0.15, 0.2) is 0 Å². The van der Waals surface area contributed by atoms with Crippen molar-refractivity contribution in [3.8, 4) is 0 Å². The van der Waals surface area contributed by atoms with Gasteiger partial charge < -0.3 is 10.6 Å². The maximum absolute atomic E-state index is 13.4. The summed E-state index contributed by atoms with van der Waals surface area (Å²) in [4.78, 5) is 32.4. The van der Waals surface area contributed by atoms with E-state index in [1.807, 2.05) is 13.8 Å². The van der Waals surface area contributed by atoms with Gasteiger partial charge in [-0.2, -0.15) is 0 Å². The van der Waals surface area contributed by atoms with Crippen molar-refractivity contribution < 1.29 is 9.59 Å². The first-order valence-corrected chi connectivity index (χ1v) is 12.3. The number of anilines is 1. The summed E-state index contributed by atoms with van der Waals surface area (Å²) >= 11 is 1.60. The van der Waals surface area contributed by atoms with Crippen molar-refractivity contribution in [2.24, 2.45) is 29.1 Å². The van der Waals surface area contributed by atoms with Crippen molar-refractivity contribution in [2.75, 3.05) is 5.32 Å². The zero-order chi connectivity index (χ0) is 20.2. The van der Waals surface area contributed by atoms with Crippen LogP contribution in [0, 0.1) is 29.1 Å². The highest BCUT2D eigenvalue weighted by Gasteiger charge is 2.55. The van der Waals surface area contributed by atoms with Crippen LogP contribution < -0.4 is 10.6 Å². The minimum absolute atomic E-state index is 0.0439. The van der Waals surface area contributed by atoms with E-state index in [2.05, 4.69) is 15.6 Å². The molecule has 2 N–H and O–H groups in total. The van der Waals surface area contributed by atoms with Crippen LogP contribution in [-0.4, -0.2) is 22.8 Å². The predicted octanol–water partition coefficient (Wildman–Crippen LogP) is 4.32. The van der Waals surface area contributed by atoms with Gasteiger partial charge in [-0.15, -0.1) is 11.3 Å². The predicted molar refractivity (Wildman–Crippen MR) is 115 cm³/mol. The first-order chi connectivity index (χ1) is 13.9. The summed E-state index contributed by atoms with van der Waals surface area (Å²) in [7, 11) is 0. The van der Waals surface area contributed by atoms with E-state index in [0.29, 0.717) is 5.13 Å². The van der Waals surface area contributed by atoms with Crippen molar-refractivity contribution >= 4 is 28.3 Å². The van der Waals surface area contributed by atoms with E-state index in [9.17, 15) is 9.59 Å². The number of aromatic nitrogens is 1. The Morgan fingerprint density at radius 2 is 1.66 bits per heavy atom. The number of amides is 2. The fourth-order valence-electron chi connectivity index (χ4n) is 6.81. The van der Waals surface area contributed by atoms with E-state index in [1.165, 1.54) is 37.0 Å². The monoisotopic (exact) mass is 415 g/mol. The van der Waals surface area contributed by atoms with Crippen molar-refractivity contribution in [3.05, 3.63) is 10.6 Å². The minimum atomic E-state index is -0.503. The summed E-state index contributed by atoms with van der Waals surface area (Å²) in [5, 5.41) is 6.89. The molecular weight excluding hydrogens is 382 g/mol. The molecule has 5 nitrogen and oxygen atoms in total. The molecule has 2 amide bonds. The number of aryl methyl sites for hydroxylation is 2. The van der Waals surface area contributed by atoms with Crippen LogP contribution in [-0.2, 0) is 22.4 Å². The lowest BCUT2D eigenvalue weighted by Crippen LogP contribution is -2.57. The van der Waals surface area contributed by atoms with Crippen LogP contribution in [0.4, 0.5) is 5.13 Å². The van der Waals surface area contributed by atoms with Crippen LogP contribution in [0.5, 0.6) is 0 Å². The highest BCUT2D eigenvalue weighted by atomic mass is 32.1. The number of fused-ring (bicyclic) bond motifs is 1. The molecule has 1 aromatic rings. The third-order valence-corrected chi connectivity index (χ3v) is 8.90. The molecule has 1 aromatic heterocycles. The standard InChI is InChI=1S/C23H33N3O2S/c1-13(2)19(20(27)26-22-24-17-5-3-4-6-18(17)29-22)25-21(28)23-10-14-7-15(11-23)9-16(8-14)12-23/h13-16,19H,3-12H2,1-2H3,(H,25,28)(H,24,26,27). The molecule has 0 aliphatic heterocycles. The van der Waals surface area contributed by atoms with Gasteiger partial charge in [0.2, 0.25) is 11.8 Å². The molecule has 0 spiro atoms. The average molecular weight is 416 g/mol. The highest BCUT2D eigenvalue weighted by Crippen LogP contribution is 2.60. The van der Waals surface area contributed by atoms with Gasteiger partial charge in [0.1, 0.15) is 6.04 Å². The Balaban J connectivity index is 1.28. The Labute approximate surface area is 177 Å². The van der Waals surface area contributed by atoms with Crippen molar-refractivity contribution in [1.29, 1.82) is 0 Å². The van der Waals surface area contributed by atoms with E-state index in [4.69, 9.17) is 0 Å². The summed E-state index contributed by atoms with van der Waals surface area (Å²) in [5.41, 5.74) is 0.929. The van der Waals surface area contributed by atoms with Gasteiger partial charge in [-0.05, 0) is 87.9 Å². The van der Waals surface area contributed by atoms with Crippen molar-refractivity contribution in [1.82, 2.24) is 10.3 Å². The molecule has 4 bridgehead atoms. The Hall–Kier alpha value is -1.43. The van der Waals surface area contributed by atoms with Gasteiger partial charge in [0.25, 0.3) is 0 Å². The van der Waals surface area contributed by atoms with E-state index in [-0.39, 0.29) is 23.1 Å². The molecule has 0 radical (unpaired) electrons. The second-order valence-corrected chi connectivity index (χ2v) is 11.6. The molecule has 0 aromatic carbocycles. The molecule has 4 saturated carbocycles.